The van der Waals surface area contributed by atoms with Gasteiger partial charge in [-0.2, -0.15) is 0 Å². The van der Waals surface area contributed by atoms with Gasteiger partial charge in [-0.05, 0) is 43.0 Å². The highest BCUT2D eigenvalue weighted by Gasteiger charge is 2.30. The Morgan fingerprint density at radius 1 is 1.19 bits per heavy atom. The molecule has 3 rings (SSSR count). The van der Waals surface area contributed by atoms with Gasteiger partial charge in [0, 0.05) is 11.1 Å². The van der Waals surface area contributed by atoms with E-state index in [4.69, 9.17) is 4.74 Å². The molecule has 0 bridgehead atoms. The lowest BCUT2D eigenvalue weighted by Gasteiger charge is -2.15. The normalized spacial score (nSPS) is 14.5. The zero-order chi connectivity index (χ0) is 18.5. The number of carbonyl (C=O) groups is 2. The third-order valence-electron chi connectivity index (χ3n) is 4.49. The Morgan fingerprint density at radius 2 is 1.96 bits per heavy atom. The summed E-state index contributed by atoms with van der Waals surface area (Å²) in [7, 11) is 0. The van der Waals surface area contributed by atoms with Crippen molar-refractivity contribution in [2.75, 3.05) is 6.61 Å². The van der Waals surface area contributed by atoms with E-state index in [0.717, 1.165) is 29.7 Å². The number of rotatable bonds is 8. The zero-order valence-corrected chi connectivity index (χ0v) is 14.8. The van der Waals surface area contributed by atoms with Crippen molar-refractivity contribution in [3.05, 3.63) is 54.1 Å². The highest BCUT2D eigenvalue weighted by atomic mass is 16.5. The number of hydrogen-bond donors (Lipinski definition) is 2. The molecule has 26 heavy (non-hydrogen) atoms. The molecule has 0 aromatic heterocycles. The van der Waals surface area contributed by atoms with Crippen LogP contribution in [0, 0.1) is 5.92 Å². The van der Waals surface area contributed by atoms with Gasteiger partial charge >= 0.3 is 5.97 Å². The standard InChI is InChI=1S/C21H23NO4/c1-2-26-19-9-4-3-8-17(19)15-6-5-7-16(13-15)20(23)22-18(21(24)25)12-14-10-11-14/h3-9,13-14,18H,2,10-12H2,1H3,(H,22,23)(H,24,25). The van der Waals surface area contributed by atoms with Crippen molar-refractivity contribution in [2.24, 2.45) is 5.92 Å². The Morgan fingerprint density at radius 3 is 2.65 bits per heavy atom. The van der Waals surface area contributed by atoms with Crippen LogP contribution in [0.4, 0.5) is 0 Å². The number of para-hydroxylation sites is 1. The van der Waals surface area contributed by atoms with Crippen LogP contribution in [0.15, 0.2) is 48.5 Å². The molecule has 2 aromatic rings. The SMILES string of the molecule is CCOc1ccccc1-c1cccc(C(=O)NC(CC2CC2)C(=O)O)c1. The van der Waals surface area contributed by atoms with Crippen LogP contribution in [0.5, 0.6) is 5.75 Å². The molecule has 136 valence electrons. The first-order valence-electron chi connectivity index (χ1n) is 8.94. The van der Waals surface area contributed by atoms with Crippen LogP contribution in [0.1, 0.15) is 36.5 Å². The number of benzene rings is 2. The largest absolute Gasteiger partial charge is 0.493 e. The summed E-state index contributed by atoms with van der Waals surface area (Å²) in [5.41, 5.74) is 2.20. The molecular formula is C21H23NO4. The second-order valence-corrected chi connectivity index (χ2v) is 6.55. The van der Waals surface area contributed by atoms with Gasteiger partial charge in [-0.1, -0.05) is 43.2 Å². The molecule has 1 amide bonds. The molecule has 0 saturated heterocycles. The lowest BCUT2D eigenvalue weighted by atomic mass is 10.0. The average molecular weight is 353 g/mol. The molecule has 2 aromatic carbocycles. The van der Waals surface area contributed by atoms with Gasteiger partial charge in [0.1, 0.15) is 11.8 Å². The quantitative estimate of drug-likeness (QED) is 0.758. The number of aliphatic carboxylic acids is 1. The predicted octanol–water partition coefficient (Wildman–Crippen LogP) is 3.74. The number of hydrogen-bond acceptors (Lipinski definition) is 3. The van der Waals surface area contributed by atoms with Crippen molar-refractivity contribution >= 4 is 11.9 Å². The maximum absolute atomic E-state index is 12.5. The molecule has 5 heteroatoms. The molecule has 1 aliphatic carbocycles. The highest BCUT2D eigenvalue weighted by molar-refractivity contribution is 5.97. The van der Waals surface area contributed by atoms with E-state index in [1.807, 2.05) is 37.3 Å². The van der Waals surface area contributed by atoms with Crippen LogP contribution in [0.3, 0.4) is 0 Å². The van der Waals surface area contributed by atoms with Crippen molar-refractivity contribution in [1.29, 1.82) is 0 Å². The van der Waals surface area contributed by atoms with Gasteiger partial charge < -0.3 is 15.2 Å². The first kappa shape index (κ1) is 18.0. The molecule has 1 atom stereocenters. The van der Waals surface area contributed by atoms with E-state index in [1.54, 1.807) is 18.2 Å². The zero-order valence-electron chi connectivity index (χ0n) is 14.8. The van der Waals surface area contributed by atoms with Gasteiger partial charge in [-0.15, -0.1) is 0 Å². The summed E-state index contributed by atoms with van der Waals surface area (Å²) < 4.78 is 5.66. The number of carboxylic acid groups (broad SMARTS) is 1. The second-order valence-electron chi connectivity index (χ2n) is 6.55. The van der Waals surface area contributed by atoms with Crippen molar-refractivity contribution in [3.63, 3.8) is 0 Å². The first-order chi connectivity index (χ1) is 12.6. The summed E-state index contributed by atoms with van der Waals surface area (Å²) in [6.45, 7) is 2.48. The van der Waals surface area contributed by atoms with Crippen molar-refractivity contribution < 1.29 is 19.4 Å². The van der Waals surface area contributed by atoms with Gasteiger partial charge in [0.2, 0.25) is 0 Å². The third-order valence-corrected chi connectivity index (χ3v) is 4.49. The molecule has 0 spiro atoms. The topological polar surface area (TPSA) is 75.6 Å². The monoisotopic (exact) mass is 353 g/mol. The van der Waals surface area contributed by atoms with E-state index in [0.29, 0.717) is 24.5 Å². The van der Waals surface area contributed by atoms with E-state index < -0.39 is 12.0 Å². The molecule has 1 aliphatic rings. The molecule has 0 heterocycles. The van der Waals surface area contributed by atoms with Crippen LogP contribution in [0.25, 0.3) is 11.1 Å². The van der Waals surface area contributed by atoms with Gasteiger partial charge in [-0.25, -0.2) is 4.79 Å². The highest BCUT2D eigenvalue weighted by Crippen LogP contribution is 2.34. The van der Waals surface area contributed by atoms with E-state index in [9.17, 15) is 14.7 Å². The Bertz CT molecular complexity index is 798. The van der Waals surface area contributed by atoms with Crippen molar-refractivity contribution in [3.8, 4) is 16.9 Å². The Labute approximate surface area is 153 Å². The number of carboxylic acids is 1. The van der Waals surface area contributed by atoms with Gasteiger partial charge in [-0.3, -0.25) is 4.79 Å². The fourth-order valence-electron chi connectivity index (χ4n) is 2.96. The van der Waals surface area contributed by atoms with E-state index >= 15 is 0 Å². The fourth-order valence-corrected chi connectivity index (χ4v) is 2.96. The molecule has 1 fully saturated rings. The molecule has 1 saturated carbocycles. The van der Waals surface area contributed by atoms with Crippen LogP contribution in [-0.2, 0) is 4.79 Å². The smallest absolute Gasteiger partial charge is 0.326 e. The Kier molecular flexibility index (Phi) is 5.56. The fraction of sp³-hybridized carbons (Fsp3) is 0.333. The Hall–Kier alpha value is -2.82. The van der Waals surface area contributed by atoms with Gasteiger partial charge in [0.05, 0.1) is 6.61 Å². The molecule has 1 unspecified atom stereocenters. The number of amides is 1. The van der Waals surface area contributed by atoms with Crippen LogP contribution in [-0.4, -0.2) is 29.6 Å². The number of nitrogens with one attached hydrogen (secondary N) is 1. The summed E-state index contributed by atoms with van der Waals surface area (Å²) in [6, 6.07) is 14.0. The molecule has 0 radical (unpaired) electrons. The van der Waals surface area contributed by atoms with Crippen LogP contribution in [0.2, 0.25) is 0 Å². The molecule has 0 aliphatic heterocycles. The molecule has 5 nitrogen and oxygen atoms in total. The van der Waals surface area contributed by atoms with Crippen molar-refractivity contribution in [1.82, 2.24) is 5.32 Å². The average Bonchev–Trinajstić information content (AvgIpc) is 3.46. The van der Waals surface area contributed by atoms with Crippen LogP contribution < -0.4 is 10.1 Å². The summed E-state index contributed by atoms with van der Waals surface area (Å²) in [6.07, 6.45) is 2.58. The number of ether oxygens (including phenoxy) is 1. The summed E-state index contributed by atoms with van der Waals surface area (Å²) in [5, 5.41) is 12.0. The maximum atomic E-state index is 12.5. The van der Waals surface area contributed by atoms with Crippen molar-refractivity contribution in [2.45, 2.75) is 32.2 Å². The van der Waals surface area contributed by atoms with E-state index in [2.05, 4.69) is 5.32 Å². The van der Waals surface area contributed by atoms with E-state index in [1.165, 1.54) is 0 Å². The maximum Gasteiger partial charge on any atom is 0.326 e. The second kappa shape index (κ2) is 8.04. The molecule has 2 N–H and O–H groups in total. The molecular weight excluding hydrogens is 330 g/mol. The lowest BCUT2D eigenvalue weighted by Crippen LogP contribution is -2.41. The first-order valence-corrected chi connectivity index (χ1v) is 8.94. The minimum Gasteiger partial charge on any atom is -0.493 e. The number of carbonyl (C=O) groups excluding carboxylic acids is 1. The van der Waals surface area contributed by atoms with Gasteiger partial charge in [0.25, 0.3) is 5.91 Å². The lowest BCUT2D eigenvalue weighted by molar-refractivity contribution is -0.139. The summed E-state index contributed by atoms with van der Waals surface area (Å²) in [5.74, 6) is -0.178. The Balaban J connectivity index is 1.80. The minimum absolute atomic E-state index is 0.367. The summed E-state index contributed by atoms with van der Waals surface area (Å²) in [4.78, 5) is 24.0. The van der Waals surface area contributed by atoms with E-state index in [-0.39, 0.29) is 5.91 Å². The van der Waals surface area contributed by atoms with Crippen LogP contribution >= 0.6 is 0 Å². The summed E-state index contributed by atoms with van der Waals surface area (Å²) >= 11 is 0. The minimum atomic E-state index is -0.983. The van der Waals surface area contributed by atoms with Gasteiger partial charge in [0.15, 0.2) is 0 Å². The predicted molar refractivity (Wildman–Crippen MR) is 99.3 cm³/mol. The third kappa shape index (κ3) is 4.42.